The predicted octanol–water partition coefficient (Wildman–Crippen LogP) is 2.65. The van der Waals surface area contributed by atoms with Gasteiger partial charge < -0.3 is 15.4 Å². The molecule has 5 heteroatoms. The molecule has 1 heterocycles. The maximum Gasteiger partial charge on any atom is 0.225 e. The third-order valence-electron chi connectivity index (χ3n) is 4.37. The van der Waals surface area contributed by atoms with E-state index < -0.39 is 0 Å². The Morgan fingerprint density at radius 1 is 1.17 bits per heavy atom. The second-order valence-electron chi connectivity index (χ2n) is 5.96. The average molecular weight is 328 g/mol. The first-order valence-electron chi connectivity index (χ1n) is 8.08. The van der Waals surface area contributed by atoms with Crippen molar-refractivity contribution in [2.24, 2.45) is 5.92 Å². The molecule has 1 aliphatic heterocycles. The molecule has 0 radical (unpaired) electrons. The van der Waals surface area contributed by atoms with E-state index in [9.17, 15) is 9.18 Å². The SMILES string of the molecule is COc1ccc(C(NC(=O)C2CCNC2)c2ccc(F)cc2)cc1. The molecule has 0 saturated carbocycles. The lowest BCUT2D eigenvalue weighted by Crippen LogP contribution is -2.35. The Labute approximate surface area is 141 Å². The lowest BCUT2D eigenvalue weighted by atomic mass is 9.97. The zero-order valence-corrected chi connectivity index (χ0v) is 13.6. The molecule has 1 fully saturated rings. The van der Waals surface area contributed by atoms with Crippen molar-refractivity contribution in [3.63, 3.8) is 0 Å². The molecular formula is C19H21FN2O2. The Bertz CT molecular complexity index is 680. The third-order valence-corrected chi connectivity index (χ3v) is 4.37. The van der Waals surface area contributed by atoms with Crippen LogP contribution in [0.5, 0.6) is 5.75 Å². The fourth-order valence-electron chi connectivity index (χ4n) is 2.95. The normalized spacial score (nSPS) is 18.2. The summed E-state index contributed by atoms with van der Waals surface area (Å²) in [5.74, 6) is 0.456. The maximum atomic E-state index is 13.2. The summed E-state index contributed by atoms with van der Waals surface area (Å²) >= 11 is 0. The van der Waals surface area contributed by atoms with Crippen molar-refractivity contribution in [3.05, 3.63) is 65.5 Å². The molecule has 1 aliphatic rings. The van der Waals surface area contributed by atoms with Gasteiger partial charge in [-0.3, -0.25) is 4.79 Å². The number of methoxy groups -OCH3 is 1. The van der Waals surface area contributed by atoms with E-state index >= 15 is 0 Å². The average Bonchev–Trinajstić information content (AvgIpc) is 3.15. The summed E-state index contributed by atoms with van der Waals surface area (Å²) in [6.07, 6.45) is 0.838. The molecule has 0 spiro atoms. The van der Waals surface area contributed by atoms with Crippen LogP contribution in [-0.4, -0.2) is 26.1 Å². The summed E-state index contributed by atoms with van der Waals surface area (Å²) in [5.41, 5.74) is 1.78. The standard InChI is InChI=1S/C19H21FN2O2/c1-24-17-8-4-14(5-9-17)18(13-2-6-16(20)7-3-13)22-19(23)15-10-11-21-12-15/h2-9,15,18,21H,10-12H2,1H3,(H,22,23). The fraction of sp³-hybridized carbons (Fsp3) is 0.316. The number of rotatable bonds is 5. The number of ether oxygens (including phenoxy) is 1. The zero-order valence-electron chi connectivity index (χ0n) is 13.6. The molecule has 2 aromatic rings. The summed E-state index contributed by atoms with van der Waals surface area (Å²) in [4.78, 5) is 12.5. The van der Waals surface area contributed by atoms with Crippen molar-refractivity contribution in [3.8, 4) is 5.75 Å². The number of amides is 1. The van der Waals surface area contributed by atoms with Gasteiger partial charge in [0.15, 0.2) is 0 Å². The Hall–Kier alpha value is -2.40. The van der Waals surface area contributed by atoms with Gasteiger partial charge in [-0.25, -0.2) is 4.39 Å². The minimum Gasteiger partial charge on any atom is -0.497 e. The Balaban J connectivity index is 1.87. The molecule has 2 N–H and O–H groups in total. The topological polar surface area (TPSA) is 50.4 Å². The number of nitrogens with one attached hydrogen (secondary N) is 2. The van der Waals surface area contributed by atoms with Crippen molar-refractivity contribution in [2.45, 2.75) is 12.5 Å². The van der Waals surface area contributed by atoms with E-state index in [4.69, 9.17) is 4.74 Å². The van der Waals surface area contributed by atoms with Gasteiger partial charge in [-0.05, 0) is 48.4 Å². The molecule has 0 aliphatic carbocycles. The van der Waals surface area contributed by atoms with Crippen LogP contribution in [0.1, 0.15) is 23.6 Å². The first-order valence-corrected chi connectivity index (χ1v) is 8.08. The van der Waals surface area contributed by atoms with Crippen LogP contribution >= 0.6 is 0 Å². The summed E-state index contributed by atoms with van der Waals surface area (Å²) in [7, 11) is 1.61. The van der Waals surface area contributed by atoms with Crippen molar-refractivity contribution < 1.29 is 13.9 Å². The largest absolute Gasteiger partial charge is 0.497 e. The Kier molecular flexibility index (Phi) is 5.11. The summed E-state index contributed by atoms with van der Waals surface area (Å²) in [6, 6.07) is 13.5. The number of benzene rings is 2. The van der Waals surface area contributed by atoms with Crippen LogP contribution in [-0.2, 0) is 4.79 Å². The number of carbonyl (C=O) groups is 1. The highest BCUT2D eigenvalue weighted by molar-refractivity contribution is 5.80. The minimum absolute atomic E-state index is 0.0187. The zero-order chi connectivity index (χ0) is 16.9. The van der Waals surface area contributed by atoms with E-state index in [1.807, 2.05) is 24.3 Å². The van der Waals surface area contributed by atoms with Gasteiger partial charge in [0.25, 0.3) is 0 Å². The maximum absolute atomic E-state index is 13.2. The van der Waals surface area contributed by atoms with Gasteiger partial charge in [-0.2, -0.15) is 0 Å². The fourth-order valence-corrected chi connectivity index (χ4v) is 2.95. The number of hydrogen-bond acceptors (Lipinski definition) is 3. The number of carbonyl (C=O) groups excluding carboxylic acids is 1. The molecule has 0 aromatic heterocycles. The predicted molar refractivity (Wildman–Crippen MR) is 90.4 cm³/mol. The van der Waals surface area contributed by atoms with E-state index in [-0.39, 0.29) is 23.7 Å². The Morgan fingerprint density at radius 3 is 2.33 bits per heavy atom. The highest BCUT2D eigenvalue weighted by Gasteiger charge is 2.25. The second-order valence-corrected chi connectivity index (χ2v) is 5.96. The molecule has 24 heavy (non-hydrogen) atoms. The third kappa shape index (κ3) is 3.74. The monoisotopic (exact) mass is 328 g/mol. The molecule has 0 bridgehead atoms. The van der Waals surface area contributed by atoms with Gasteiger partial charge in [0.1, 0.15) is 11.6 Å². The van der Waals surface area contributed by atoms with E-state index in [0.717, 1.165) is 29.8 Å². The van der Waals surface area contributed by atoms with Gasteiger partial charge in [0.2, 0.25) is 5.91 Å². The summed E-state index contributed by atoms with van der Waals surface area (Å²) in [6.45, 7) is 1.56. The van der Waals surface area contributed by atoms with Crippen molar-refractivity contribution in [1.29, 1.82) is 0 Å². The molecule has 2 unspecified atom stereocenters. The highest BCUT2D eigenvalue weighted by Crippen LogP contribution is 2.25. The molecule has 126 valence electrons. The van der Waals surface area contributed by atoms with Crippen molar-refractivity contribution in [2.75, 3.05) is 20.2 Å². The van der Waals surface area contributed by atoms with Crippen LogP contribution in [0.15, 0.2) is 48.5 Å². The van der Waals surface area contributed by atoms with Crippen molar-refractivity contribution in [1.82, 2.24) is 10.6 Å². The first-order chi connectivity index (χ1) is 11.7. The van der Waals surface area contributed by atoms with Crippen molar-refractivity contribution >= 4 is 5.91 Å². The van der Waals surface area contributed by atoms with E-state index in [1.165, 1.54) is 12.1 Å². The van der Waals surface area contributed by atoms with Gasteiger partial charge in [0, 0.05) is 6.54 Å². The van der Waals surface area contributed by atoms with E-state index in [1.54, 1.807) is 19.2 Å². The van der Waals surface area contributed by atoms with Crippen LogP contribution < -0.4 is 15.4 Å². The van der Waals surface area contributed by atoms with Crippen LogP contribution in [0, 0.1) is 11.7 Å². The highest BCUT2D eigenvalue weighted by atomic mass is 19.1. The van der Waals surface area contributed by atoms with Crippen LogP contribution in [0.4, 0.5) is 4.39 Å². The molecule has 2 atom stereocenters. The second kappa shape index (κ2) is 7.45. The number of halogens is 1. The lowest BCUT2D eigenvalue weighted by molar-refractivity contribution is -0.124. The van der Waals surface area contributed by atoms with Gasteiger partial charge in [0.05, 0.1) is 19.1 Å². The quantitative estimate of drug-likeness (QED) is 0.887. The van der Waals surface area contributed by atoms with Gasteiger partial charge >= 0.3 is 0 Å². The summed E-state index contributed by atoms with van der Waals surface area (Å²) < 4.78 is 18.4. The molecule has 4 nitrogen and oxygen atoms in total. The van der Waals surface area contributed by atoms with Crippen LogP contribution in [0.25, 0.3) is 0 Å². The smallest absolute Gasteiger partial charge is 0.225 e. The number of hydrogen-bond donors (Lipinski definition) is 2. The van der Waals surface area contributed by atoms with Crippen LogP contribution in [0.3, 0.4) is 0 Å². The van der Waals surface area contributed by atoms with Crippen LogP contribution in [0.2, 0.25) is 0 Å². The minimum atomic E-state index is -0.315. The van der Waals surface area contributed by atoms with Gasteiger partial charge in [-0.1, -0.05) is 24.3 Å². The molecule has 1 saturated heterocycles. The molecule has 2 aromatic carbocycles. The Morgan fingerprint density at radius 2 is 1.79 bits per heavy atom. The lowest BCUT2D eigenvalue weighted by Gasteiger charge is -2.22. The molecule has 1 amide bonds. The summed E-state index contributed by atoms with van der Waals surface area (Å²) in [5, 5.41) is 6.31. The van der Waals surface area contributed by atoms with E-state index in [0.29, 0.717) is 6.54 Å². The molecular weight excluding hydrogens is 307 g/mol. The van der Waals surface area contributed by atoms with E-state index in [2.05, 4.69) is 10.6 Å². The first kappa shape index (κ1) is 16.5. The van der Waals surface area contributed by atoms with Gasteiger partial charge in [-0.15, -0.1) is 0 Å². The molecule has 3 rings (SSSR count).